The van der Waals surface area contributed by atoms with Crippen molar-refractivity contribution < 1.29 is 9.53 Å². The van der Waals surface area contributed by atoms with E-state index >= 15 is 0 Å². The second-order valence-electron chi connectivity index (χ2n) is 9.95. The molecule has 1 saturated carbocycles. The van der Waals surface area contributed by atoms with Crippen LogP contribution >= 0.6 is 0 Å². The molecule has 1 amide bonds. The van der Waals surface area contributed by atoms with E-state index in [9.17, 15) is 4.79 Å². The zero-order valence-electron chi connectivity index (χ0n) is 19.8. The Kier molecular flexibility index (Phi) is 6.85. The summed E-state index contributed by atoms with van der Waals surface area (Å²) in [7, 11) is 0. The van der Waals surface area contributed by atoms with Crippen LogP contribution in [0.1, 0.15) is 49.8 Å². The van der Waals surface area contributed by atoms with E-state index < -0.39 is 5.60 Å². The third-order valence-electron chi connectivity index (χ3n) is 6.25. The molecule has 4 nitrogen and oxygen atoms in total. The third kappa shape index (κ3) is 6.02. The molecule has 1 aliphatic rings. The number of hydrogen-bond donors (Lipinski definition) is 1. The molecule has 1 N–H and O–H groups in total. The van der Waals surface area contributed by atoms with E-state index in [0.717, 1.165) is 19.5 Å². The molecule has 1 aliphatic carbocycles. The molecule has 0 aliphatic heterocycles. The van der Waals surface area contributed by atoms with E-state index in [-0.39, 0.29) is 11.6 Å². The maximum absolute atomic E-state index is 12.6. The largest absolute Gasteiger partial charge is 0.444 e. The number of rotatable bonds is 8. The summed E-state index contributed by atoms with van der Waals surface area (Å²) in [6, 6.07) is 31.8. The van der Waals surface area contributed by atoms with Gasteiger partial charge in [-0.3, -0.25) is 4.90 Å². The lowest BCUT2D eigenvalue weighted by Crippen LogP contribution is -2.47. The normalized spacial score (nSPS) is 19.8. The zero-order chi connectivity index (χ0) is 23.3. The Bertz CT molecular complexity index is 990. The highest BCUT2D eigenvalue weighted by molar-refractivity contribution is 5.68. The van der Waals surface area contributed by atoms with Crippen molar-refractivity contribution in [1.82, 2.24) is 10.2 Å². The van der Waals surface area contributed by atoms with Crippen molar-refractivity contribution in [3.8, 4) is 0 Å². The molecule has 4 rings (SSSR count). The summed E-state index contributed by atoms with van der Waals surface area (Å²) < 4.78 is 5.55. The van der Waals surface area contributed by atoms with Gasteiger partial charge in [0.25, 0.3) is 0 Å². The lowest BCUT2D eigenvalue weighted by Gasteiger charge is -2.34. The molecule has 0 bridgehead atoms. The van der Waals surface area contributed by atoms with Crippen LogP contribution in [0.15, 0.2) is 91.0 Å². The van der Waals surface area contributed by atoms with Crippen LogP contribution in [0.3, 0.4) is 0 Å². The molecule has 0 spiro atoms. The molecule has 0 heterocycles. The minimum atomic E-state index is -0.520. The second-order valence-corrected chi connectivity index (χ2v) is 9.95. The summed E-state index contributed by atoms with van der Waals surface area (Å²) >= 11 is 0. The van der Waals surface area contributed by atoms with Gasteiger partial charge in [-0.1, -0.05) is 91.0 Å². The molecule has 172 valence electrons. The van der Waals surface area contributed by atoms with Crippen LogP contribution in [0.5, 0.6) is 0 Å². The lowest BCUT2D eigenvalue weighted by atomic mass is 10.0. The summed E-state index contributed by atoms with van der Waals surface area (Å²) in [6.07, 6.45) is 0.631. The van der Waals surface area contributed by atoms with Crippen LogP contribution in [0.2, 0.25) is 0 Å². The van der Waals surface area contributed by atoms with Crippen LogP contribution in [0.4, 0.5) is 4.79 Å². The molecule has 4 heteroatoms. The number of amides is 1. The molecule has 33 heavy (non-hydrogen) atoms. The van der Waals surface area contributed by atoms with E-state index in [4.69, 9.17) is 4.74 Å². The monoisotopic (exact) mass is 442 g/mol. The lowest BCUT2D eigenvalue weighted by molar-refractivity contribution is 0.0491. The van der Waals surface area contributed by atoms with Gasteiger partial charge in [0.05, 0.1) is 0 Å². The van der Waals surface area contributed by atoms with Gasteiger partial charge in [-0.05, 0) is 43.9 Å². The van der Waals surface area contributed by atoms with E-state index in [1.807, 2.05) is 20.8 Å². The Morgan fingerprint density at radius 1 is 0.879 bits per heavy atom. The first kappa shape index (κ1) is 23.1. The zero-order valence-corrected chi connectivity index (χ0v) is 19.8. The molecule has 3 aromatic rings. The van der Waals surface area contributed by atoms with Gasteiger partial charge in [-0.25, -0.2) is 4.79 Å². The molecular formula is C29H34N2O2. The number of alkyl carbamates (subject to hydrolysis) is 1. The second kappa shape index (κ2) is 9.80. The quantitative estimate of drug-likeness (QED) is 0.456. The Balaban J connectivity index is 1.63. The van der Waals surface area contributed by atoms with Crippen molar-refractivity contribution in [3.63, 3.8) is 0 Å². The maximum atomic E-state index is 12.6. The van der Waals surface area contributed by atoms with Crippen LogP contribution in [0.25, 0.3) is 0 Å². The first-order valence-electron chi connectivity index (χ1n) is 11.7. The molecular weight excluding hydrogens is 408 g/mol. The van der Waals surface area contributed by atoms with Crippen molar-refractivity contribution >= 4 is 6.09 Å². The Labute approximate surface area is 197 Å². The number of nitrogens with one attached hydrogen (secondary N) is 1. The molecule has 1 fully saturated rings. The predicted molar refractivity (Wildman–Crippen MR) is 133 cm³/mol. The first-order valence-corrected chi connectivity index (χ1v) is 11.7. The van der Waals surface area contributed by atoms with Gasteiger partial charge in [-0.15, -0.1) is 0 Å². The third-order valence-corrected chi connectivity index (χ3v) is 6.25. The minimum Gasteiger partial charge on any atom is -0.444 e. The highest BCUT2D eigenvalue weighted by Gasteiger charge is 2.58. The summed E-state index contributed by atoms with van der Waals surface area (Å²) in [5.41, 5.74) is 3.15. The molecule has 0 aromatic heterocycles. The SMILES string of the molecule is CC(C)(C)OC(=O)NC[C@@]1(N(Cc2ccccc2)Cc2ccccc2)C[C@H]1c1ccccc1. The standard InChI is InChI=1S/C29H34N2O2/c1-28(2,3)33-27(32)30-22-29(19-26(29)25-17-11-6-12-18-25)31(20-23-13-7-4-8-14-23)21-24-15-9-5-10-16-24/h4-18,26H,19-22H2,1-3H3,(H,30,32)/t26-,29-/m0/s1. The summed E-state index contributed by atoms with van der Waals surface area (Å²) in [6.45, 7) is 7.85. The predicted octanol–water partition coefficient (Wildman–Crippen LogP) is 6.14. The van der Waals surface area contributed by atoms with Gasteiger partial charge in [-0.2, -0.15) is 0 Å². The van der Waals surface area contributed by atoms with Gasteiger partial charge in [0.1, 0.15) is 5.60 Å². The van der Waals surface area contributed by atoms with Gasteiger partial charge < -0.3 is 10.1 Å². The molecule has 2 atom stereocenters. The molecule has 0 unspecified atom stereocenters. The Morgan fingerprint density at radius 2 is 1.36 bits per heavy atom. The topological polar surface area (TPSA) is 41.6 Å². The van der Waals surface area contributed by atoms with Crippen LogP contribution in [-0.4, -0.2) is 28.7 Å². The highest BCUT2D eigenvalue weighted by atomic mass is 16.6. The summed E-state index contributed by atoms with van der Waals surface area (Å²) in [5, 5.41) is 3.09. The van der Waals surface area contributed by atoms with E-state index in [1.54, 1.807) is 0 Å². The van der Waals surface area contributed by atoms with Crippen LogP contribution < -0.4 is 5.32 Å². The maximum Gasteiger partial charge on any atom is 0.407 e. The fraction of sp³-hybridized carbons (Fsp3) is 0.345. The fourth-order valence-electron chi connectivity index (χ4n) is 4.58. The fourth-order valence-corrected chi connectivity index (χ4v) is 4.58. The van der Waals surface area contributed by atoms with Crippen LogP contribution in [-0.2, 0) is 17.8 Å². The first-order chi connectivity index (χ1) is 15.9. The smallest absolute Gasteiger partial charge is 0.407 e. The van der Waals surface area contributed by atoms with E-state index in [1.165, 1.54) is 16.7 Å². The Morgan fingerprint density at radius 3 is 1.85 bits per heavy atom. The van der Waals surface area contributed by atoms with Gasteiger partial charge >= 0.3 is 6.09 Å². The number of ether oxygens (including phenoxy) is 1. The van der Waals surface area contributed by atoms with Gasteiger partial charge in [0.15, 0.2) is 0 Å². The minimum absolute atomic E-state index is 0.177. The number of benzene rings is 3. The molecule has 3 aromatic carbocycles. The Hall–Kier alpha value is -3.11. The van der Waals surface area contributed by atoms with Gasteiger partial charge in [0, 0.05) is 31.1 Å². The average molecular weight is 443 g/mol. The summed E-state index contributed by atoms with van der Waals surface area (Å²) in [5.74, 6) is 0.348. The number of nitrogens with zero attached hydrogens (tertiary/aromatic N) is 1. The van der Waals surface area contributed by atoms with Crippen molar-refractivity contribution in [2.75, 3.05) is 6.54 Å². The van der Waals surface area contributed by atoms with Crippen molar-refractivity contribution in [1.29, 1.82) is 0 Å². The number of carbonyl (C=O) groups excluding carboxylic acids is 1. The van der Waals surface area contributed by atoms with Crippen molar-refractivity contribution in [3.05, 3.63) is 108 Å². The number of carbonyl (C=O) groups is 1. The highest BCUT2D eigenvalue weighted by Crippen LogP contribution is 2.56. The van der Waals surface area contributed by atoms with Crippen molar-refractivity contribution in [2.45, 2.75) is 57.3 Å². The molecule has 0 saturated heterocycles. The van der Waals surface area contributed by atoms with E-state index in [2.05, 4.69) is 101 Å². The van der Waals surface area contributed by atoms with Crippen molar-refractivity contribution in [2.24, 2.45) is 0 Å². The van der Waals surface area contributed by atoms with Crippen LogP contribution in [0, 0.1) is 0 Å². The van der Waals surface area contributed by atoms with Gasteiger partial charge in [0.2, 0.25) is 0 Å². The number of hydrogen-bond acceptors (Lipinski definition) is 3. The van der Waals surface area contributed by atoms with E-state index in [0.29, 0.717) is 12.5 Å². The summed E-state index contributed by atoms with van der Waals surface area (Å²) in [4.78, 5) is 15.1. The average Bonchev–Trinajstić information content (AvgIpc) is 3.54. The molecule has 0 radical (unpaired) electrons.